The number of nitrogens with zero attached hydrogens (tertiary/aromatic N) is 1. The highest BCUT2D eigenvalue weighted by Gasteiger charge is 2.26. The Morgan fingerprint density at radius 1 is 1.21 bits per heavy atom. The molecule has 2 aromatic carbocycles. The number of carbonyl (C=O) groups is 1. The Morgan fingerprint density at radius 2 is 1.92 bits per heavy atom. The van der Waals surface area contributed by atoms with Gasteiger partial charge in [0.1, 0.15) is 5.75 Å². The van der Waals surface area contributed by atoms with Gasteiger partial charge < -0.3 is 15.0 Å². The van der Waals surface area contributed by atoms with Crippen LogP contribution in [-0.4, -0.2) is 24.6 Å². The highest BCUT2D eigenvalue weighted by atomic mass is 16.5. The number of para-hydroxylation sites is 1. The van der Waals surface area contributed by atoms with E-state index in [0.717, 1.165) is 17.9 Å². The molecule has 0 aliphatic carbocycles. The van der Waals surface area contributed by atoms with Gasteiger partial charge in [0.15, 0.2) is 0 Å². The zero-order valence-corrected chi connectivity index (χ0v) is 14.5. The summed E-state index contributed by atoms with van der Waals surface area (Å²) in [5.41, 5.74) is 3.27. The number of hydrogen-bond donors (Lipinski definition) is 1. The van der Waals surface area contributed by atoms with Gasteiger partial charge in [0.2, 0.25) is 5.91 Å². The minimum atomic E-state index is -0.00363. The highest BCUT2D eigenvalue weighted by molar-refractivity contribution is 5.94. The summed E-state index contributed by atoms with van der Waals surface area (Å²) in [5.74, 6) is 0.807. The van der Waals surface area contributed by atoms with E-state index in [4.69, 9.17) is 4.74 Å². The number of benzene rings is 2. The third-order valence-electron chi connectivity index (χ3n) is 4.17. The Labute approximate surface area is 143 Å². The molecule has 1 heterocycles. The molecule has 1 aliphatic heterocycles. The van der Waals surface area contributed by atoms with Crippen molar-refractivity contribution >= 4 is 17.3 Å². The largest absolute Gasteiger partial charge is 0.491 e. The summed E-state index contributed by atoms with van der Waals surface area (Å²) in [6.07, 6.45) is 1.13. The molecule has 1 unspecified atom stereocenters. The van der Waals surface area contributed by atoms with E-state index in [1.165, 1.54) is 11.3 Å². The molecule has 0 aromatic heterocycles. The number of hydrogen-bond acceptors (Lipinski definition) is 3. The first-order valence-corrected chi connectivity index (χ1v) is 8.44. The highest BCUT2D eigenvalue weighted by Crippen LogP contribution is 2.31. The van der Waals surface area contributed by atoms with Crippen molar-refractivity contribution in [3.63, 3.8) is 0 Å². The van der Waals surface area contributed by atoms with E-state index in [1.807, 2.05) is 44.2 Å². The predicted molar refractivity (Wildman–Crippen MR) is 97.8 cm³/mol. The topological polar surface area (TPSA) is 41.6 Å². The summed E-state index contributed by atoms with van der Waals surface area (Å²) < 4.78 is 5.61. The lowest BCUT2D eigenvalue weighted by atomic mass is 10.1. The van der Waals surface area contributed by atoms with Gasteiger partial charge in [0, 0.05) is 17.4 Å². The van der Waals surface area contributed by atoms with E-state index >= 15 is 0 Å². The minimum absolute atomic E-state index is 0.00363. The average Bonchev–Trinajstić information content (AvgIpc) is 2.85. The van der Waals surface area contributed by atoms with E-state index in [0.29, 0.717) is 12.6 Å². The fourth-order valence-corrected chi connectivity index (χ4v) is 3.11. The third kappa shape index (κ3) is 3.70. The second kappa shape index (κ2) is 6.95. The Bertz CT molecular complexity index is 710. The van der Waals surface area contributed by atoms with Crippen LogP contribution in [0.3, 0.4) is 0 Å². The quantitative estimate of drug-likeness (QED) is 0.908. The Hall–Kier alpha value is -2.49. The maximum absolute atomic E-state index is 12.4. The number of nitrogens with one attached hydrogen (secondary N) is 1. The molecular formula is C20H24N2O2. The van der Waals surface area contributed by atoms with Crippen LogP contribution in [0.2, 0.25) is 0 Å². The van der Waals surface area contributed by atoms with Crippen LogP contribution in [0.25, 0.3) is 0 Å². The standard InChI is InChI=1S/C20H24N2O2/c1-14(2)24-18-10-8-17(9-11-18)21-20(23)13-22-15(3)12-16-6-4-5-7-19(16)22/h4-11,14-15H,12-13H2,1-3H3,(H,21,23). The van der Waals surface area contributed by atoms with Crippen LogP contribution in [-0.2, 0) is 11.2 Å². The molecule has 1 aliphatic rings. The van der Waals surface area contributed by atoms with Crippen molar-refractivity contribution in [2.24, 2.45) is 0 Å². The number of rotatable bonds is 5. The van der Waals surface area contributed by atoms with Gasteiger partial charge in [-0.2, -0.15) is 0 Å². The van der Waals surface area contributed by atoms with Crippen LogP contribution in [0.5, 0.6) is 5.75 Å². The zero-order chi connectivity index (χ0) is 17.1. The summed E-state index contributed by atoms with van der Waals surface area (Å²) in [6, 6.07) is 16.1. The van der Waals surface area contributed by atoms with Gasteiger partial charge >= 0.3 is 0 Å². The lowest BCUT2D eigenvalue weighted by Crippen LogP contribution is -2.37. The molecule has 0 spiro atoms. The van der Waals surface area contributed by atoms with Crippen molar-refractivity contribution in [1.29, 1.82) is 0 Å². The summed E-state index contributed by atoms with van der Waals surface area (Å²) in [4.78, 5) is 14.6. The van der Waals surface area contributed by atoms with Crippen molar-refractivity contribution in [1.82, 2.24) is 0 Å². The summed E-state index contributed by atoms with van der Waals surface area (Å²) in [7, 11) is 0. The smallest absolute Gasteiger partial charge is 0.243 e. The van der Waals surface area contributed by atoms with Crippen molar-refractivity contribution in [2.45, 2.75) is 39.3 Å². The van der Waals surface area contributed by atoms with E-state index in [-0.39, 0.29) is 12.0 Å². The molecule has 0 bridgehead atoms. The van der Waals surface area contributed by atoms with Gasteiger partial charge in [-0.05, 0) is 63.1 Å². The molecule has 1 N–H and O–H groups in total. The normalized spacial score (nSPS) is 16.2. The predicted octanol–water partition coefficient (Wildman–Crippen LogP) is 3.86. The summed E-state index contributed by atoms with van der Waals surface area (Å²) >= 11 is 0. The molecule has 2 aromatic rings. The number of fused-ring (bicyclic) bond motifs is 1. The SMILES string of the molecule is CC(C)Oc1ccc(NC(=O)CN2c3ccccc3CC2C)cc1. The van der Waals surface area contributed by atoms with E-state index < -0.39 is 0 Å². The number of anilines is 2. The van der Waals surface area contributed by atoms with Gasteiger partial charge in [-0.3, -0.25) is 4.79 Å². The van der Waals surface area contributed by atoms with Gasteiger partial charge in [0.05, 0.1) is 12.6 Å². The van der Waals surface area contributed by atoms with Crippen LogP contribution in [0.15, 0.2) is 48.5 Å². The molecule has 4 nitrogen and oxygen atoms in total. The van der Waals surface area contributed by atoms with Gasteiger partial charge in [0.25, 0.3) is 0 Å². The first kappa shape index (κ1) is 16.4. The summed E-state index contributed by atoms with van der Waals surface area (Å²) in [6.45, 7) is 6.50. The average molecular weight is 324 g/mol. The fourth-order valence-electron chi connectivity index (χ4n) is 3.11. The van der Waals surface area contributed by atoms with Gasteiger partial charge in [-0.15, -0.1) is 0 Å². The molecule has 1 amide bonds. The maximum atomic E-state index is 12.4. The third-order valence-corrected chi connectivity index (χ3v) is 4.17. The van der Waals surface area contributed by atoms with Crippen molar-refractivity contribution < 1.29 is 9.53 Å². The molecule has 24 heavy (non-hydrogen) atoms. The van der Waals surface area contributed by atoms with Gasteiger partial charge in [-0.1, -0.05) is 18.2 Å². The molecule has 4 heteroatoms. The Balaban J connectivity index is 1.62. The van der Waals surface area contributed by atoms with Crippen molar-refractivity contribution in [3.8, 4) is 5.75 Å². The van der Waals surface area contributed by atoms with Crippen LogP contribution in [0, 0.1) is 0 Å². The van der Waals surface area contributed by atoms with Crippen molar-refractivity contribution in [2.75, 3.05) is 16.8 Å². The van der Waals surface area contributed by atoms with Crippen LogP contribution in [0.1, 0.15) is 26.3 Å². The first-order chi connectivity index (χ1) is 11.5. The molecule has 0 radical (unpaired) electrons. The molecule has 1 atom stereocenters. The molecule has 0 saturated heterocycles. The minimum Gasteiger partial charge on any atom is -0.491 e. The van der Waals surface area contributed by atoms with Crippen LogP contribution >= 0.6 is 0 Å². The zero-order valence-electron chi connectivity index (χ0n) is 14.5. The van der Waals surface area contributed by atoms with E-state index in [9.17, 15) is 4.79 Å². The van der Waals surface area contributed by atoms with Crippen LogP contribution < -0.4 is 15.0 Å². The first-order valence-electron chi connectivity index (χ1n) is 8.44. The maximum Gasteiger partial charge on any atom is 0.243 e. The summed E-state index contributed by atoms with van der Waals surface area (Å²) in [5, 5.41) is 2.96. The lowest BCUT2D eigenvalue weighted by Gasteiger charge is -2.24. The number of carbonyl (C=O) groups excluding carboxylic acids is 1. The second-order valence-corrected chi connectivity index (χ2v) is 6.55. The number of amides is 1. The van der Waals surface area contributed by atoms with E-state index in [1.54, 1.807) is 0 Å². The Kier molecular flexibility index (Phi) is 4.74. The fraction of sp³-hybridized carbons (Fsp3) is 0.350. The monoisotopic (exact) mass is 324 g/mol. The van der Waals surface area contributed by atoms with Crippen molar-refractivity contribution in [3.05, 3.63) is 54.1 Å². The van der Waals surface area contributed by atoms with E-state index in [2.05, 4.69) is 35.3 Å². The Morgan fingerprint density at radius 3 is 2.62 bits per heavy atom. The van der Waals surface area contributed by atoms with Gasteiger partial charge in [-0.25, -0.2) is 0 Å². The molecule has 126 valence electrons. The molecule has 0 saturated carbocycles. The molecular weight excluding hydrogens is 300 g/mol. The molecule has 0 fully saturated rings. The molecule has 3 rings (SSSR count). The second-order valence-electron chi connectivity index (χ2n) is 6.55. The number of ether oxygens (including phenoxy) is 1. The van der Waals surface area contributed by atoms with Crippen LogP contribution in [0.4, 0.5) is 11.4 Å². The lowest BCUT2D eigenvalue weighted by molar-refractivity contribution is -0.115.